The van der Waals surface area contributed by atoms with Crippen LogP contribution in [0.15, 0.2) is 24.3 Å². The van der Waals surface area contributed by atoms with Crippen LogP contribution in [0, 0.1) is 0 Å². The lowest BCUT2D eigenvalue weighted by Gasteiger charge is -2.20. The highest BCUT2D eigenvalue weighted by Gasteiger charge is 2.19. The van der Waals surface area contributed by atoms with Gasteiger partial charge in [-0.2, -0.15) is 0 Å². The van der Waals surface area contributed by atoms with Crippen LogP contribution in [0.5, 0.6) is 5.75 Å². The van der Waals surface area contributed by atoms with Gasteiger partial charge in [0, 0.05) is 11.6 Å². The SMILES string of the molecule is COc1ccccc1C(O)C(N)CCN. The molecule has 0 aliphatic rings. The van der Waals surface area contributed by atoms with Crippen molar-refractivity contribution in [3.05, 3.63) is 29.8 Å². The summed E-state index contributed by atoms with van der Waals surface area (Å²) in [5.41, 5.74) is 11.9. The Morgan fingerprint density at radius 2 is 2.07 bits per heavy atom. The molecule has 0 saturated carbocycles. The van der Waals surface area contributed by atoms with Crippen molar-refractivity contribution in [2.75, 3.05) is 13.7 Å². The van der Waals surface area contributed by atoms with E-state index < -0.39 is 6.10 Å². The maximum Gasteiger partial charge on any atom is 0.124 e. The summed E-state index contributed by atoms with van der Waals surface area (Å²) in [4.78, 5) is 0. The lowest BCUT2D eigenvalue weighted by molar-refractivity contribution is 0.139. The van der Waals surface area contributed by atoms with Gasteiger partial charge in [-0.15, -0.1) is 0 Å². The van der Waals surface area contributed by atoms with E-state index in [-0.39, 0.29) is 6.04 Å². The van der Waals surface area contributed by atoms with E-state index in [0.29, 0.717) is 24.3 Å². The minimum Gasteiger partial charge on any atom is -0.496 e. The third kappa shape index (κ3) is 2.92. The molecule has 5 N–H and O–H groups in total. The molecule has 1 aromatic carbocycles. The zero-order chi connectivity index (χ0) is 11.3. The van der Waals surface area contributed by atoms with E-state index in [9.17, 15) is 5.11 Å². The van der Waals surface area contributed by atoms with Crippen molar-refractivity contribution in [2.45, 2.75) is 18.6 Å². The molecule has 15 heavy (non-hydrogen) atoms. The second-order valence-corrected chi connectivity index (χ2v) is 3.43. The van der Waals surface area contributed by atoms with E-state index in [1.165, 1.54) is 0 Å². The second-order valence-electron chi connectivity index (χ2n) is 3.43. The van der Waals surface area contributed by atoms with E-state index in [0.717, 1.165) is 0 Å². The number of hydrogen-bond acceptors (Lipinski definition) is 4. The standard InChI is InChI=1S/C11H18N2O2/c1-15-10-5-3-2-4-8(10)11(14)9(13)6-7-12/h2-5,9,11,14H,6-7,12-13H2,1H3. The predicted octanol–water partition coefficient (Wildman–Crippen LogP) is 0.405. The van der Waals surface area contributed by atoms with Crippen molar-refractivity contribution in [2.24, 2.45) is 11.5 Å². The summed E-state index contributed by atoms with van der Waals surface area (Å²) in [7, 11) is 1.57. The van der Waals surface area contributed by atoms with Crippen LogP contribution in [0.2, 0.25) is 0 Å². The van der Waals surface area contributed by atoms with Gasteiger partial charge in [-0.3, -0.25) is 0 Å². The van der Waals surface area contributed by atoms with Gasteiger partial charge in [0.15, 0.2) is 0 Å². The molecule has 1 rings (SSSR count). The van der Waals surface area contributed by atoms with Crippen molar-refractivity contribution in [1.29, 1.82) is 0 Å². The number of nitrogens with two attached hydrogens (primary N) is 2. The molecule has 1 aromatic rings. The molecular weight excluding hydrogens is 192 g/mol. The van der Waals surface area contributed by atoms with Crippen LogP contribution in [0.4, 0.5) is 0 Å². The van der Waals surface area contributed by atoms with Crippen LogP contribution in [0.25, 0.3) is 0 Å². The van der Waals surface area contributed by atoms with Crippen molar-refractivity contribution >= 4 is 0 Å². The van der Waals surface area contributed by atoms with Gasteiger partial charge in [0.05, 0.1) is 13.2 Å². The highest BCUT2D eigenvalue weighted by molar-refractivity contribution is 5.35. The van der Waals surface area contributed by atoms with E-state index >= 15 is 0 Å². The van der Waals surface area contributed by atoms with Crippen molar-refractivity contribution in [1.82, 2.24) is 0 Å². The Kier molecular flexibility index (Phi) is 4.55. The Morgan fingerprint density at radius 1 is 1.40 bits per heavy atom. The zero-order valence-corrected chi connectivity index (χ0v) is 8.89. The maximum absolute atomic E-state index is 9.97. The summed E-state index contributed by atoms with van der Waals surface area (Å²) in [6.07, 6.45) is -0.149. The summed E-state index contributed by atoms with van der Waals surface area (Å²) in [5, 5.41) is 9.97. The van der Waals surface area contributed by atoms with Crippen LogP contribution in [0.3, 0.4) is 0 Å². The van der Waals surface area contributed by atoms with Crippen molar-refractivity contribution in [3.8, 4) is 5.75 Å². The molecule has 4 nitrogen and oxygen atoms in total. The van der Waals surface area contributed by atoms with Crippen molar-refractivity contribution < 1.29 is 9.84 Å². The second kappa shape index (κ2) is 5.70. The van der Waals surface area contributed by atoms with E-state index in [1.807, 2.05) is 12.1 Å². The number of aliphatic hydroxyl groups excluding tert-OH is 1. The van der Waals surface area contributed by atoms with Crippen LogP contribution in [-0.2, 0) is 0 Å². The molecule has 2 unspecified atom stereocenters. The molecule has 0 amide bonds. The number of benzene rings is 1. The lowest BCUT2D eigenvalue weighted by Crippen LogP contribution is -2.31. The van der Waals surface area contributed by atoms with Gasteiger partial charge < -0.3 is 21.3 Å². The molecule has 0 aromatic heterocycles. The first-order chi connectivity index (χ1) is 7.20. The first-order valence-corrected chi connectivity index (χ1v) is 4.97. The predicted molar refractivity (Wildman–Crippen MR) is 59.6 cm³/mol. The molecule has 0 aliphatic heterocycles. The quantitative estimate of drug-likeness (QED) is 0.657. The van der Waals surface area contributed by atoms with Gasteiger partial charge in [-0.05, 0) is 19.0 Å². The minimum absolute atomic E-state index is 0.355. The number of methoxy groups -OCH3 is 1. The molecule has 0 heterocycles. The molecule has 2 atom stereocenters. The first kappa shape index (κ1) is 12.0. The van der Waals surface area contributed by atoms with Crippen LogP contribution in [0.1, 0.15) is 18.1 Å². The largest absolute Gasteiger partial charge is 0.496 e. The van der Waals surface area contributed by atoms with Crippen LogP contribution < -0.4 is 16.2 Å². The zero-order valence-electron chi connectivity index (χ0n) is 8.89. The number of rotatable bonds is 5. The third-order valence-electron chi connectivity index (χ3n) is 2.36. The monoisotopic (exact) mass is 210 g/mol. The average molecular weight is 210 g/mol. The van der Waals surface area contributed by atoms with E-state index in [4.69, 9.17) is 16.2 Å². The summed E-state index contributed by atoms with van der Waals surface area (Å²) < 4.78 is 5.15. The molecule has 0 bridgehead atoms. The van der Waals surface area contributed by atoms with Gasteiger partial charge in [0.1, 0.15) is 5.75 Å². The Labute approximate surface area is 89.8 Å². The molecule has 0 saturated heterocycles. The summed E-state index contributed by atoms with van der Waals surface area (Å²) in [5.74, 6) is 0.650. The Balaban J connectivity index is 2.84. The number of para-hydroxylation sites is 1. The highest BCUT2D eigenvalue weighted by Crippen LogP contribution is 2.26. The molecule has 0 fully saturated rings. The van der Waals surface area contributed by atoms with Crippen LogP contribution >= 0.6 is 0 Å². The Hall–Kier alpha value is -1.10. The molecular formula is C11H18N2O2. The van der Waals surface area contributed by atoms with Gasteiger partial charge in [-0.1, -0.05) is 18.2 Å². The molecule has 0 spiro atoms. The smallest absolute Gasteiger partial charge is 0.124 e. The molecule has 0 aliphatic carbocycles. The fourth-order valence-corrected chi connectivity index (χ4v) is 1.49. The summed E-state index contributed by atoms with van der Waals surface area (Å²) >= 11 is 0. The minimum atomic E-state index is -0.732. The van der Waals surface area contributed by atoms with Gasteiger partial charge in [0.25, 0.3) is 0 Å². The van der Waals surface area contributed by atoms with Gasteiger partial charge >= 0.3 is 0 Å². The number of hydrogen-bond donors (Lipinski definition) is 3. The number of ether oxygens (including phenoxy) is 1. The van der Waals surface area contributed by atoms with E-state index in [2.05, 4.69) is 0 Å². The summed E-state index contributed by atoms with van der Waals surface area (Å²) in [6, 6.07) is 6.94. The number of aliphatic hydroxyl groups is 1. The summed E-state index contributed by atoms with van der Waals surface area (Å²) in [6.45, 7) is 0.466. The highest BCUT2D eigenvalue weighted by atomic mass is 16.5. The molecule has 4 heteroatoms. The normalized spacial score (nSPS) is 14.7. The third-order valence-corrected chi connectivity index (χ3v) is 2.36. The molecule has 84 valence electrons. The fraction of sp³-hybridized carbons (Fsp3) is 0.455. The topological polar surface area (TPSA) is 81.5 Å². The molecule has 0 radical (unpaired) electrons. The fourth-order valence-electron chi connectivity index (χ4n) is 1.49. The average Bonchev–Trinajstić information content (AvgIpc) is 2.28. The first-order valence-electron chi connectivity index (χ1n) is 4.97. The Morgan fingerprint density at radius 3 is 2.67 bits per heavy atom. The van der Waals surface area contributed by atoms with Gasteiger partial charge in [0.2, 0.25) is 0 Å². The maximum atomic E-state index is 9.97. The van der Waals surface area contributed by atoms with Gasteiger partial charge in [-0.25, -0.2) is 0 Å². The lowest BCUT2D eigenvalue weighted by atomic mass is 10.00. The van der Waals surface area contributed by atoms with Crippen LogP contribution in [-0.4, -0.2) is 24.8 Å². The van der Waals surface area contributed by atoms with Crippen molar-refractivity contribution in [3.63, 3.8) is 0 Å². The Bertz CT molecular complexity index is 304. The van der Waals surface area contributed by atoms with E-state index in [1.54, 1.807) is 19.2 Å².